The fourth-order valence-electron chi connectivity index (χ4n) is 1.69. The highest BCUT2D eigenvalue weighted by Gasteiger charge is 2.39. The third kappa shape index (κ3) is 8.90. The van der Waals surface area contributed by atoms with Gasteiger partial charge < -0.3 is 22.9 Å². The molecule has 0 bridgehead atoms. The summed E-state index contributed by atoms with van der Waals surface area (Å²) in [6.45, 7) is 7.29. The molecule has 0 atom stereocenters. The first-order valence-corrected chi connectivity index (χ1v) is 9.14. The maximum atomic E-state index is 11.3. The first kappa shape index (κ1) is 20.7. The summed E-state index contributed by atoms with van der Waals surface area (Å²) < 4.78 is 22.0. The van der Waals surface area contributed by atoms with Crippen LogP contribution in [0, 0.1) is 0 Å². The van der Waals surface area contributed by atoms with Crippen molar-refractivity contribution in [3.63, 3.8) is 0 Å². The van der Waals surface area contributed by atoms with Crippen LogP contribution in [0.1, 0.15) is 27.2 Å². The van der Waals surface area contributed by atoms with Gasteiger partial charge in [0.1, 0.15) is 0 Å². The quantitative estimate of drug-likeness (QED) is 0.185. The minimum absolute atomic E-state index is 0.169. The van der Waals surface area contributed by atoms with Gasteiger partial charge in [-0.1, -0.05) is 0 Å². The lowest BCUT2D eigenvalue weighted by molar-refractivity contribution is -0.140. The Balaban J connectivity index is 4.24. The summed E-state index contributed by atoms with van der Waals surface area (Å²) in [5.74, 6) is 3.15. The summed E-state index contributed by atoms with van der Waals surface area (Å²) in [5, 5.41) is 0. The first-order chi connectivity index (χ1) is 10.5. The molecule has 0 fully saturated rings. The maximum Gasteiger partial charge on any atom is 0.501 e. The molecule has 0 spiro atoms. The molecule has 0 amide bonds. The lowest BCUT2D eigenvalue weighted by atomic mass is 10.5. The Morgan fingerprint density at radius 2 is 1.45 bits per heavy atom. The molecule has 0 aliphatic rings. The van der Waals surface area contributed by atoms with Gasteiger partial charge in [-0.3, -0.25) is 0 Å². The van der Waals surface area contributed by atoms with Crippen molar-refractivity contribution in [1.82, 2.24) is 0 Å². The fourth-order valence-corrected chi connectivity index (χ4v) is 4.27. The molecule has 2 N–H and O–H groups in total. The van der Waals surface area contributed by atoms with E-state index in [9.17, 15) is 9.59 Å². The van der Waals surface area contributed by atoms with E-state index in [4.69, 9.17) is 18.0 Å². The highest BCUT2D eigenvalue weighted by Crippen LogP contribution is 2.18. The number of esters is 1. The van der Waals surface area contributed by atoms with E-state index in [2.05, 4.69) is 10.7 Å². The number of ether oxygens (including phenoxy) is 1. The Bertz CT molecular complexity index is 345. The van der Waals surface area contributed by atoms with Gasteiger partial charge in [-0.25, -0.2) is 9.59 Å². The zero-order valence-corrected chi connectivity index (χ0v) is 14.3. The van der Waals surface area contributed by atoms with Crippen molar-refractivity contribution < 1.29 is 32.4 Å². The smallest absolute Gasteiger partial charge is 0.463 e. The van der Waals surface area contributed by atoms with Crippen LogP contribution in [0.5, 0.6) is 0 Å². The molecule has 0 aliphatic carbocycles. The molecule has 0 rings (SSSR count). The van der Waals surface area contributed by atoms with Gasteiger partial charge in [0.2, 0.25) is 0 Å². The number of hydrogen-bond acceptors (Lipinski definition) is 8. The highest BCUT2D eigenvalue weighted by molar-refractivity contribution is 6.60. The van der Waals surface area contributed by atoms with Crippen LogP contribution in [0.3, 0.4) is 0 Å². The Morgan fingerprint density at radius 3 is 1.91 bits per heavy atom. The van der Waals surface area contributed by atoms with Gasteiger partial charge in [-0.15, -0.1) is 0 Å². The summed E-state index contributed by atoms with van der Waals surface area (Å²) >= 11 is 0. The van der Waals surface area contributed by atoms with Gasteiger partial charge >= 0.3 is 20.7 Å². The van der Waals surface area contributed by atoms with Crippen LogP contribution in [-0.4, -0.2) is 47.2 Å². The van der Waals surface area contributed by atoms with Gasteiger partial charge in [0.25, 0.3) is 0 Å². The number of rotatable bonds is 12. The average molecular weight is 335 g/mol. The molecular formula is C13H25NO7Si. The largest absolute Gasteiger partial charge is 0.501 e. The molecular weight excluding hydrogens is 310 g/mol. The van der Waals surface area contributed by atoms with Crippen LogP contribution in [0.2, 0.25) is 6.04 Å². The van der Waals surface area contributed by atoms with E-state index in [1.165, 1.54) is 0 Å². The monoisotopic (exact) mass is 335 g/mol. The Morgan fingerprint density at radius 1 is 0.955 bits per heavy atom. The van der Waals surface area contributed by atoms with Crippen molar-refractivity contribution >= 4 is 20.7 Å². The number of nitrogens with two attached hydrogens (primary N) is 1. The molecule has 0 unspecified atom stereocenters. The van der Waals surface area contributed by atoms with Crippen LogP contribution < -0.4 is 5.90 Å². The van der Waals surface area contributed by atoms with Crippen LogP contribution in [-0.2, 0) is 32.4 Å². The van der Waals surface area contributed by atoms with Crippen LogP contribution in [0.25, 0.3) is 0 Å². The standard InChI is InChI=1S/C13H25NO7Si/c1-4-18-22(19-5-2,20-6-3)11-7-10-17-12(15)8-9-13(16)21-14/h8-9H,4-7,10-11,14H2,1-3H3/b9-8-. The predicted octanol–water partition coefficient (Wildman–Crippen LogP) is 0.941. The van der Waals surface area contributed by atoms with E-state index in [0.717, 1.165) is 12.2 Å². The Kier molecular flexibility index (Phi) is 11.6. The number of hydrogen-bond donors (Lipinski definition) is 1. The number of carbonyl (C=O) groups is 2. The third-order valence-corrected chi connectivity index (χ3v) is 5.59. The normalized spacial score (nSPS) is 11.6. The zero-order valence-electron chi connectivity index (χ0n) is 13.3. The second kappa shape index (κ2) is 12.3. The van der Waals surface area contributed by atoms with E-state index >= 15 is 0 Å². The molecule has 0 heterocycles. The molecule has 0 aromatic carbocycles. The summed E-state index contributed by atoms with van der Waals surface area (Å²) in [5.41, 5.74) is 0. The SMILES string of the molecule is CCO[Si](CCCOC(=O)/C=C\C(=O)ON)(OCC)OCC. The summed E-state index contributed by atoms with van der Waals surface area (Å²) in [7, 11) is -2.71. The molecule has 9 heteroatoms. The van der Waals surface area contributed by atoms with Gasteiger partial charge in [-0.2, -0.15) is 5.90 Å². The van der Waals surface area contributed by atoms with Crippen molar-refractivity contribution in [2.45, 2.75) is 33.2 Å². The molecule has 8 nitrogen and oxygen atoms in total. The minimum Gasteiger partial charge on any atom is -0.463 e. The lowest BCUT2D eigenvalue weighted by Gasteiger charge is -2.28. The topological polar surface area (TPSA) is 106 Å². The zero-order chi connectivity index (χ0) is 16.8. The van der Waals surface area contributed by atoms with Crippen LogP contribution >= 0.6 is 0 Å². The van der Waals surface area contributed by atoms with Crippen molar-refractivity contribution in [3.05, 3.63) is 12.2 Å². The molecule has 22 heavy (non-hydrogen) atoms. The van der Waals surface area contributed by atoms with Crippen molar-refractivity contribution in [2.75, 3.05) is 26.4 Å². The van der Waals surface area contributed by atoms with Crippen LogP contribution in [0.4, 0.5) is 0 Å². The summed E-state index contributed by atoms with van der Waals surface area (Å²) in [6.07, 6.45) is 2.38. The third-order valence-electron chi connectivity index (χ3n) is 2.44. The fraction of sp³-hybridized carbons (Fsp3) is 0.692. The summed E-state index contributed by atoms with van der Waals surface area (Å²) in [6, 6.07) is 0.546. The Labute approximate surface area is 131 Å². The molecule has 0 aliphatic heterocycles. The van der Waals surface area contributed by atoms with Gasteiger partial charge in [-0.05, 0) is 27.2 Å². The van der Waals surface area contributed by atoms with Gasteiger partial charge in [0.05, 0.1) is 6.61 Å². The Hall–Kier alpha value is -1.26. The minimum atomic E-state index is -2.71. The van der Waals surface area contributed by atoms with Crippen molar-refractivity contribution in [1.29, 1.82) is 0 Å². The molecule has 0 aromatic heterocycles. The predicted molar refractivity (Wildman–Crippen MR) is 80.4 cm³/mol. The van der Waals surface area contributed by atoms with Crippen molar-refractivity contribution in [3.8, 4) is 0 Å². The van der Waals surface area contributed by atoms with E-state index in [-0.39, 0.29) is 6.61 Å². The molecule has 0 saturated heterocycles. The average Bonchev–Trinajstić information content (AvgIpc) is 2.50. The molecule has 0 radical (unpaired) electrons. The maximum absolute atomic E-state index is 11.3. The number of carbonyl (C=O) groups excluding carboxylic acids is 2. The van der Waals surface area contributed by atoms with E-state index in [0.29, 0.717) is 32.3 Å². The van der Waals surface area contributed by atoms with E-state index in [1.807, 2.05) is 20.8 Å². The van der Waals surface area contributed by atoms with E-state index in [1.54, 1.807) is 0 Å². The van der Waals surface area contributed by atoms with Crippen molar-refractivity contribution in [2.24, 2.45) is 5.90 Å². The van der Waals surface area contributed by atoms with Gasteiger partial charge in [0.15, 0.2) is 0 Å². The molecule has 128 valence electrons. The second-order valence-electron chi connectivity index (χ2n) is 4.02. The van der Waals surface area contributed by atoms with E-state index < -0.39 is 20.7 Å². The second-order valence-corrected chi connectivity index (χ2v) is 6.76. The van der Waals surface area contributed by atoms with Crippen LogP contribution in [0.15, 0.2) is 12.2 Å². The highest BCUT2D eigenvalue weighted by atomic mass is 28.4. The molecule has 0 saturated carbocycles. The van der Waals surface area contributed by atoms with Gasteiger partial charge in [0, 0.05) is 38.0 Å². The lowest BCUT2D eigenvalue weighted by Crippen LogP contribution is -2.46. The summed E-state index contributed by atoms with van der Waals surface area (Å²) in [4.78, 5) is 25.9. The molecule has 0 aromatic rings. The first-order valence-electron chi connectivity index (χ1n) is 7.20.